The van der Waals surface area contributed by atoms with E-state index in [-0.39, 0.29) is 5.69 Å². The molecule has 4 rings (SSSR count). The lowest BCUT2D eigenvalue weighted by Crippen LogP contribution is -2.33. The van der Waals surface area contributed by atoms with Crippen LogP contribution in [0, 0.1) is 0 Å². The fourth-order valence-corrected chi connectivity index (χ4v) is 3.93. The molecule has 0 bridgehead atoms. The van der Waals surface area contributed by atoms with Gasteiger partial charge in [-0.05, 0) is 62.4 Å². The molecular weight excluding hydrogens is 365 g/mol. The van der Waals surface area contributed by atoms with Gasteiger partial charge in [0, 0.05) is 6.04 Å². The Kier molecular flexibility index (Phi) is 3.14. The molecule has 20 heavy (non-hydrogen) atoms. The van der Waals surface area contributed by atoms with Crippen LogP contribution in [-0.2, 0) is 0 Å². The number of nitrogens with one attached hydrogen (secondary N) is 1. The summed E-state index contributed by atoms with van der Waals surface area (Å²) in [6.07, 6.45) is 4.69. The normalized spacial score (nSPS) is 20.6. The van der Waals surface area contributed by atoms with Gasteiger partial charge in [0.25, 0.3) is 0 Å². The average molecular weight is 383 g/mol. The highest BCUT2D eigenvalue weighted by molar-refractivity contribution is 14.1. The van der Waals surface area contributed by atoms with E-state index >= 15 is 0 Å². The van der Waals surface area contributed by atoms with Gasteiger partial charge in [0.2, 0.25) is 0 Å². The third kappa shape index (κ3) is 2.02. The number of nitrogens with zero attached hydrogens (tertiary/aromatic N) is 2. The van der Waals surface area contributed by atoms with E-state index in [1.165, 1.54) is 18.4 Å². The third-order valence-corrected chi connectivity index (χ3v) is 5.50. The summed E-state index contributed by atoms with van der Waals surface area (Å²) in [6.45, 7) is 2.01. The van der Waals surface area contributed by atoms with Gasteiger partial charge in [0.1, 0.15) is 0 Å². The molecule has 4 nitrogen and oxygen atoms in total. The molecule has 0 amide bonds. The van der Waals surface area contributed by atoms with Crippen molar-refractivity contribution in [1.82, 2.24) is 12.7 Å². The van der Waals surface area contributed by atoms with Crippen LogP contribution < -0.4 is 11.0 Å². The lowest BCUT2D eigenvalue weighted by Gasteiger charge is -2.23. The van der Waals surface area contributed by atoms with Crippen molar-refractivity contribution in [2.24, 2.45) is 0 Å². The molecule has 2 heterocycles. The SMILES string of the molecule is O=c1n(I)c2ccc(C3CC3)cc2n1C1CCNCC1. The van der Waals surface area contributed by atoms with E-state index in [4.69, 9.17) is 0 Å². The number of piperidine rings is 1. The zero-order chi connectivity index (χ0) is 13.7. The van der Waals surface area contributed by atoms with Crippen molar-refractivity contribution in [2.45, 2.75) is 37.6 Å². The van der Waals surface area contributed by atoms with Gasteiger partial charge in [-0.2, -0.15) is 0 Å². The molecule has 0 radical (unpaired) electrons. The topological polar surface area (TPSA) is 39.0 Å². The van der Waals surface area contributed by atoms with Gasteiger partial charge in [0.05, 0.1) is 33.9 Å². The summed E-state index contributed by atoms with van der Waals surface area (Å²) in [6, 6.07) is 6.91. The minimum atomic E-state index is 0.125. The second kappa shape index (κ2) is 4.87. The van der Waals surface area contributed by atoms with E-state index in [0.29, 0.717) is 6.04 Å². The second-order valence-corrected chi connectivity index (χ2v) is 6.90. The van der Waals surface area contributed by atoms with Crippen molar-refractivity contribution >= 4 is 33.9 Å². The van der Waals surface area contributed by atoms with Gasteiger partial charge in [0.15, 0.2) is 0 Å². The Labute approximate surface area is 131 Å². The number of hydrogen-bond donors (Lipinski definition) is 1. The van der Waals surface area contributed by atoms with Crippen molar-refractivity contribution in [3.8, 4) is 0 Å². The zero-order valence-corrected chi connectivity index (χ0v) is 13.5. The molecule has 0 spiro atoms. The number of imidazole rings is 1. The lowest BCUT2D eigenvalue weighted by molar-refractivity contribution is 0.368. The molecule has 5 heteroatoms. The van der Waals surface area contributed by atoms with Crippen molar-refractivity contribution in [3.05, 3.63) is 34.2 Å². The molecule has 2 fully saturated rings. The monoisotopic (exact) mass is 383 g/mol. The summed E-state index contributed by atoms with van der Waals surface area (Å²) < 4.78 is 3.81. The third-order valence-electron chi connectivity index (χ3n) is 4.57. The lowest BCUT2D eigenvalue weighted by atomic mass is 10.1. The Balaban J connectivity index is 1.90. The molecule has 106 valence electrons. The number of hydrogen-bond acceptors (Lipinski definition) is 2. The molecule has 0 atom stereocenters. The first-order valence-electron chi connectivity index (χ1n) is 7.39. The molecular formula is C15H18IN3O. The zero-order valence-electron chi connectivity index (χ0n) is 11.3. The van der Waals surface area contributed by atoms with Gasteiger partial charge in [-0.25, -0.2) is 7.58 Å². The predicted octanol–water partition coefficient (Wildman–Crippen LogP) is 2.80. The molecule has 1 aromatic carbocycles. The Bertz CT molecular complexity index is 708. The Morgan fingerprint density at radius 3 is 2.55 bits per heavy atom. The number of aromatic nitrogens is 2. The van der Waals surface area contributed by atoms with Crippen LogP contribution in [0.4, 0.5) is 0 Å². The number of rotatable bonds is 2. The van der Waals surface area contributed by atoms with Crippen LogP contribution in [0.3, 0.4) is 0 Å². The predicted molar refractivity (Wildman–Crippen MR) is 88.7 cm³/mol. The van der Waals surface area contributed by atoms with Gasteiger partial charge >= 0.3 is 5.69 Å². The minimum Gasteiger partial charge on any atom is -0.317 e. The van der Waals surface area contributed by atoms with E-state index in [2.05, 4.69) is 46.4 Å². The van der Waals surface area contributed by atoms with E-state index in [0.717, 1.165) is 42.9 Å². The first-order chi connectivity index (χ1) is 9.75. The van der Waals surface area contributed by atoms with Crippen molar-refractivity contribution < 1.29 is 0 Å². The van der Waals surface area contributed by atoms with Crippen LogP contribution in [0.15, 0.2) is 23.0 Å². The van der Waals surface area contributed by atoms with Gasteiger partial charge in [-0.1, -0.05) is 6.07 Å². The minimum absolute atomic E-state index is 0.125. The average Bonchev–Trinajstić information content (AvgIpc) is 3.29. The fraction of sp³-hybridized carbons (Fsp3) is 0.533. The first-order valence-corrected chi connectivity index (χ1v) is 8.36. The number of fused-ring (bicyclic) bond motifs is 1. The Morgan fingerprint density at radius 2 is 1.85 bits per heavy atom. The maximum atomic E-state index is 12.6. The Hall–Kier alpha value is -0.820. The molecule has 1 saturated carbocycles. The molecule has 1 N–H and O–H groups in total. The van der Waals surface area contributed by atoms with Crippen molar-refractivity contribution in [1.29, 1.82) is 0 Å². The molecule has 1 aliphatic heterocycles. The number of benzene rings is 1. The molecule has 1 aliphatic carbocycles. The van der Waals surface area contributed by atoms with Gasteiger partial charge < -0.3 is 5.32 Å². The quantitative estimate of drug-likeness (QED) is 0.811. The van der Waals surface area contributed by atoms with Crippen LogP contribution in [0.1, 0.15) is 43.2 Å². The van der Waals surface area contributed by atoms with Crippen molar-refractivity contribution in [3.63, 3.8) is 0 Å². The van der Waals surface area contributed by atoms with Crippen molar-refractivity contribution in [2.75, 3.05) is 13.1 Å². The molecule has 2 aromatic rings. The van der Waals surface area contributed by atoms with Crippen LogP contribution in [0.5, 0.6) is 0 Å². The van der Waals surface area contributed by atoms with E-state index in [9.17, 15) is 4.79 Å². The first kappa shape index (κ1) is 12.9. The van der Waals surface area contributed by atoms with Crippen LogP contribution >= 0.6 is 22.9 Å². The highest BCUT2D eigenvalue weighted by Gasteiger charge is 2.26. The Morgan fingerprint density at radius 1 is 1.10 bits per heavy atom. The molecule has 1 saturated heterocycles. The molecule has 1 aromatic heterocycles. The summed E-state index contributed by atoms with van der Waals surface area (Å²) in [4.78, 5) is 12.6. The summed E-state index contributed by atoms with van der Waals surface area (Å²) in [5.74, 6) is 0.730. The highest BCUT2D eigenvalue weighted by atomic mass is 127. The smallest absolute Gasteiger partial charge is 0.317 e. The van der Waals surface area contributed by atoms with Crippen LogP contribution in [0.2, 0.25) is 0 Å². The maximum Gasteiger partial charge on any atom is 0.338 e. The van der Waals surface area contributed by atoms with Crippen LogP contribution in [0.25, 0.3) is 11.0 Å². The van der Waals surface area contributed by atoms with E-state index in [1.807, 2.05) is 4.57 Å². The molecule has 0 unspecified atom stereocenters. The largest absolute Gasteiger partial charge is 0.338 e. The van der Waals surface area contributed by atoms with Gasteiger partial charge in [-0.15, -0.1) is 0 Å². The van der Waals surface area contributed by atoms with E-state index in [1.54, 1.807) is 2.78 Å². The molecule has 2 aliphatic rings. The fourth-order valence-electron chi connectivity index (χ4n) is 3.29. The second-order valence-electron chi connectivity index (χ2n) is 5.94. The van der Waals surface area contributed by atoms with Gasteiger partial charge in [-0.3, -0.25) is 4.57 Å². The number of halogens is 1. The summed E-state index contributed by atoms with van der Waals surface area (Å²) >= 11 is 2.13. The van der Waals surface area contributed by atoms with E-state index < -0.39 is 0 Å². The highest BCUT2D eigenvalue weighted by Crippen LogP contribution is 2.41. The summed E-state index contributed by atoms with van der Waals surface area (Å²) in [5.41, 5.74) is 3.71. The summed E-state index contributed by atoms with van der Waals surface area (Å²) in [5, 5.41) is 3.37. The standard InChI is InChI=1S/C15H18IN3O/c16-19-13-4-3-11(10-1-2-10)9-14(13)18(15(19)20)12-5-7-17-8-6-12/h3-4,9-10,12,17H,1-2,5-8H2. The summed E-state index contributed by atoms with van der Waals surface area (Å²) in [7, 11) is 0. The maximum absolute atomic E-state index is 12.6. The van der Waals surface area contributed by atoms with Crippen LogP contribution in [-0.4, -0.2) is 20.4 Å².